The van der Waals surface area contributed by atoms with Gasteiger partial charge in [0.05, 0.1) is 5.71 Å². The van der Waals surface area contributed by atoms with Gasteiger partial charge in [-0.25, -0.2) is 13.8 Å². The third-order valence-electron chi connectivity index (χ3n) is 6.81. The standard InChI is InChI=1S/C23H25F2N3OS/c1-27-10-6-16(7-11-27)22(29)28-23(9-2-3-15-8-12-30-21(15)23)14-20(26-28)18-13-17(24)4-5-19(18)25/h4-5,8,12-13,16H,2-3,6-7,9-11,14H2,1H3. The van der Waals surface area contributed by atoms with Crippen LogP contribution in [0.2, 0.25) is 0 Å². The third-order valence-corrected chi connectivity index (χ3v) is 7.96. The van der Waals surface area contributed by atoms with Gasteiger partial charge in [0, 0.05) is 22.8 Å². The number of thiophene rings is 1. The van der Waals surface area contributed by atoms with Crippen LogP contribution >= 0.6 is 11.3 Å². The van der Waals surface area contributed by atoms with Crippen molar-refractivity contribution in [2.45, 2.75) is 44.1 Å². The number of hydrogen-bond donors (Lipinski definition) is 0. The molecule has 0 radical (unpaired) electrons. The van der Waals surface area contributed by atoms with Crippen molar-refractivity contribution in [3.63, 3.8) is 0 Å². The smallest absolute Gasteiger partial charge is 0.246 e. The summed E-state index contributed by atoms with van der Waals surface area (Å²) in [5, 5.41) is 8.43. The Morgan fingerprint density at radius 1 is 1.23 bits per heavy atom. The van der Waals surface area contributed by atoms with Crippen molar-refractivity contribution in [2.75, 3.05) is 20.1 Å². The zero-order chi connectivity index (χ0) is 20.9. The van der Waals surface area contributed by atoms with Crippen molar-refractivity contribution >= 4 is 23.0 Å². The lowest BCUT2D eigenvalue weighted by Gasteiger charge is -2.41. The van der Waals surface area contributed by atoms with Crippen LogP contribution in [0.4, 0.5) is 8.78 Å². The maximum absolute atomic E-state index is 14.6. The molecule has 3 aliphatic rings. The van der Waals surface area contributed by atoms with Crippen LogP contribution in [0.3, 0.4) is 0 Å². The quantitative estimate of drug-likeness (QED) is 0.703. The molecule has 1 aromatic carbocycles. The maximum atomic E-state index is 14.6. The van der Waals surface area contributed by atoms with Crippen molar-refractivity contribution in [1.82, 2.24) is 9.91 Å². The van der Waals surface area contributed by atoms with Crippen LogP contribution < -0.4 is 0 Å². The van der Waals surface area contributed by atoms with Crippen molar-refractivity contribution in [3.8, 4) is 0 Å². The predicted octanol–water partition coefficient (Wildman–Crippen LogP) is 4.54. The van der Waals surface area contributed by atoms with Crippen LogP contribution in [0.1, 0.15) is 48.1 Å². The van der Waals surface area contributed by atoms with E-state index in [4.69, 9.17) is 5.10 Å². The van der Waals surface area contributed by atoms with E-state index in [0.717, 1.165) is 62.2 Å². The van der Waals surface area contributed by atoms with Gasteiger partial charge in [-0.15, -0.1) is 11.3 Å². The summed E-state index contributed by atoms with van der Waals surface area (Å²) in [4.78, 5) is 17.1. The topological polar surface area (TPSA) is 35.9 Å². The van der Waals surface area contributed by atoms with E-state index in [9.17, 15) is 13.6 Å². The minimum atomic E-state index is -0.573. The summed E-state index contributed by atoms with van der Waals surface area (Å²) in [6, 6.07) is 5.58. The van der Waals surface area contributed by atoms with Crippen LogP contribution in [0, 0.1) is 17.6 Å². The molecular weight excluding hydrogens is 404 g/mol. The van der Waals surface area contributed by atoms with Gasteiger partial charge in [0.15, 0.2) is 0 Å². The van der Waals surface area contributed by atoms with Gasteiger partial charge in [-0.2, -0.15) is 5.10 Å². The van der Waals surface area contributed by atoms with Crippen molar-refractivity contribution in [1.29, 1.82) is 0 Å². The molecule has 0 saturated carbocycles. The molecule has 158 valence electrons. The molecule has 1 fully saturated rings. The summed E-state index contributed by atoms with van der Waals surface area (Å²) in [7, 11) is 2.07. The molecule has 1 atom stereocenters. The Kier molecular flexibility index (Phi) is 4.98. The minimum Gasteiger partial charge on any atom is -0.306 e. The largest absolute Gasteiger partial charge is 0.306 e. The van der Waals surface area contributed by atoms with Gasteiger partial charge < -0.3 is 4.90 Å². The Morgan fingerprint density at radius 2 is 2.03 bits per heavy atom. The van der Waals surface area contributed by atoms with Crippen LogP contribution in [0.15, 0.2) is 34.7 Å². The van der Waals surface area contributed by atoms with Gasteiger partial charge in [0.25, 0.3) is 0 Å². The average molecular weight is 430 g/mol. The minimum absolute atomic E-state index is 0.0242. The lowest BCUT2D eigenvalue weighted by atomic mass is 9.78. The molecule has 1 aromatic heterocycles. The van der Waals surface area contributed by atoms with E-state index in [0.29, 0.717) is 12.1 Å². The lowest BCUT2D eigenvalue weighted by molar-refractivity contribution is -0.143. The van der Waals surface area contributed by atoms with Crippen molar-refractivity contribution < 1.29 is 13.6 Å². The number of hydrazone groups is 1. The normalized spacial score (nSPS) is 24.9. The molecule has 1 saturated heterocycles. The third kappa shape index (κ3) is 3.19. The fourth-order valence-electron chi connectivity index (χ4n) is 5.16. The monoisotopic (exact) mass is 429 g/mol. The molecule has 2 aromatic rings. The van der Waals surface area contributed by atoms with E-state index < -0.39 is 17.2 Å². The van der Waals surface area contributed by atoms with E-state index in [-0.39, 0.29) is 17.4 Å². The molecule has 1 aliphatic carbocycles. The summed E-state index contributed by atoms with van der Waals surface area (Å²) in [6.45, 7) is 1.77. The van der Waals surface area contributed by atoms with E-state index in [1.54, 1.807) is 16.3 Å². The second-order valence-electron chi connectivity index (χ2n) is 8.74. The second kappa shape index (κ2) is 7.54. The lowest BCUT2D eigenvalue weighted by Crippen LogP contribution is -2.48. The molecule has 4 nitrogen and oxygen atoms in total. The average Bonchev–Trinajstić information content (AvgIpc) is 3.36. The highest BCUT2D eigenvalue weighted by atomic mass is 32.1. The summed E-state index contributed by atoms with van der Waals surface area (Å²) in [5.74, 6) is -1.05. The molecule has 0 bridgehead atoms. The molecule has 1 amide bonds. The van der Waals surface area contributed by atoms with Gasteiger partial charge in [-0.05, 0) is 87.5 Å². The molecule has 1 unspecified atom stereocenters. The number of nitrogens with zero attached hydrogens (tertiary/aromatic N) is 3. The number of halogens is 2. The number of carbonyl (C=O) groups is 1. The molecule has 1 spiro atoms. The summed E-state index contributed by atoms with van der Waals surface area (Å²) >= 11 is 1.65. The van der Waals surface area contributed by atoms with E-state index in [2.05, 4.69) is 23.4 Å². The van der Waals surface area contributed by atoms with Gasteiger partial charge in [-0.3, -0.25) is 4.79 Å². The van der Waals surface area contributed by atoms with E-state index in [1.807, 2.05) is 0 Å². The number of hydrogen-bond acceptors (Lipinski definition) is 4. The molecular formula is C23H25F2N3OS. The Balaban J connectivity index is 1.57. The first-order chi connectivity index (χ1) is 14.5. The molecule has 3 heterocycles. The van der Waals surface area contributed by atoms with E-state index >= 15 is 0 Å². The molecule has 0 N–H and O–H groups in total. The molecule has 5 rings (SSSR count). The van der Waals surface area contributed by atoms with Crippen LogP contribution in [0.25, 0.3) is 0 Å². The molecule has 7 heteroatoms. The fraction of sp³-hybridized carbons (Fsp3) is 0.478. The van der Waals surface area contributed by atoms with Gasteiger partial charge in [0.1, 0.15) is 17.2 Å². The highest BCUT2D eigenvalue weighted by Crippen LogP contribution is 2.50. The number of likely N-dealkylation sites (tertiary alicyclic amines) is 1. The Morgan fingerprint density at radius 3 is 2.83 bits per heavy atom. The SMILES string of the molecule is CN1CCC(C(=O)N2N=C(c3cc(F)ccc3F)CC23CCCc2ccsc23)CC1. The van der Waals surface area contributed by atoms with E-state index in [1.165, 1.54) is 11.6 Å². The first kappa shape index (κ1) is 19.8. The zero-order valence-electron chi connectivity index (χ0n) is 17.0. The molecule has 2 aliphatic heterocycles. The maximum Gasteiger partial charge on any atom is 0.246 e. The Bertz CT molecular complexity index is 1010. The molecule has 30 heavy (non-hydrogen) atoms. The number of amides is 1. The second-order valence-corrected chi connectivity index (χ2v) is 9.65. The number of rotatable bonds is 2. The first-order valence-corrected chi connectivity index (χ1v) is 11.5. The number of fused-ring (bicyclic) bond motifs is 2. The highest BCUT2D eigenvalue weighted by molar-refractivity contribution is 7.10. The van der Waals surface area contributed by atoms with Crippen LogP contribution in [-0.2, 0) is 16.8 Å². The van der Waals surface area contributed by atoms with Crippen LogP contribution in [-0.4, -0.2) is 41.7 Å². The van der Waals surface area contributed by atoms with Gasteiger partial charge in [-0.1, -0.05) is 0 Å². The summed E-state index contributed by atoms with van der Waals surface area (Å²) < 4.78 is 28.5. The summed E-state index contributed by atoms with van der Waals surface area (Å²) in [6.07, 6.45) is 4.77. The van der Waals surface area contributed by atoms with Crippen molar-refractivity contribution in [3.05, 3.63) is 57.3 Å². The number of piperidine rings is 1. The number of carbonyl (C=O) groups excluding carboxylic acids is 1. The number of aryl methyl sites for hydroxylation is 1. The fourth-order valence-corrected chi connectivity index (χ4v) is 6.33. The predicted molar refractivity (Wildman–Crippen MR) is 114 cm³/mol. The first-order valence-electron chi connectivity index (χ1n) is 10.6. The zero-order valence-corrected chi connectivity index (χ0v) is 17.9. The van der Waals surface area contributed by atoms with Gasteiger partial charge in [0.2, 0.25) is 5.91 Å². The Hall–Kier alpha value is -2.12. The van der Waals surface area contributed by atoms with Crippen LogP contribution in [0.5, 0.6) is 0 Å². The summed E-state index contributed by atoms with van der Waals surface area (Å²) in [5.41, 5.74) is 1.31. The van der Waals surface area contributed by atoms with Crippen molar-refractivity contribution in [2.24, 2.45) is 11.0 Å². The van der Waals surface area contributed by atoms with Gasteiger partial charge >= 0.3 is 0 Å². The Labute approximate surface area is 179 Å². The highest BCUT2D eigenvalue weighted by Gasteiger charge is 2.51. The number of benzene rings is 1.